The monoisotopic (exact) mass is 324 g/mol. The zero-order valence-electron chi connectivity index (χ0n) is 11.4. The van der Waals surface area contributed by atoms with Crippen LogP contribution in [0.5, 0.6) is 5.75 Å². The van der Waals surface area contributed by atoms with E-state index in [0.717, 1.165) is 35.0 Å². The molecule has 3 heteroatoms. The summed E-state index contributed by atoms with van der Waals surface area (Å²) in [6, 6.07) is 5.97. The van der Waals surface area contributed by atoms with Crippen molar-refractivity contribution in [2.24, 2.45) is 5.92 Å². The largest absolute Gasteiger partial charge is 0.486 e. The van der Waals surface area contributed by atoms with E-state index < -0.39 is 6.10 Å². The number of rotatable bonds is 1. The molecule has 0 saturated heterocycles. The lowest BCUT2D eigenvalue weighted by Crippen LogP contribution is -2.49. The third kappa shape index (κ3) is 2.31. The second-order valence-electron chi connectivity index (χ2n) is 5.92. The predicted molar refractivity (Wildman–Crippen MR) is 79.3 cm³/mol. The van der Waals surface area contributed by atoms with E-state index in [0.29, 0.717) is 5.92 Å². The molecule has 104 valence electrons. The molecule has 1 aromatic rings. The molecule has 1 aliphatic heterocycles. The van der Waals surface area contributed by atoms with Gasteiger partial charge in [0, 0.05) is 16.5 Å². The van der Waals surface area contributed by atoms with Gasteiger partial charge in [0.1, 0.15) is 11.4 Å². The summed E-state index contributed by atoms with van der Waals surface area (Å²) in [6.45, 7) is 2.24. The Morgan fingerprint density at radius 3 is 3.05 bits per heavy atom. The molecule has 1 heterocycles. The molecule has 2 aliphatic rings. The first kappa shape index (κ1) is 13.4. The lowest BCUT2D eigenvalue weighted by Gasteiger charge is -2.48. The lowest BCUT2D eigenvalue weighted by molar-refractivity contribution is -0.0782. The molecule has 0 amide bonds. The van der Waals surface area contributed by atoms with Gasteiger partial charge >= 0.3 is 0 Å². The average Bonchev–Trinajstić information content (AvgIpc) is 2.40. The van der Waals surface area contributed by atoms with Crippen molar-refractivity contribution in [2.45, 2.75) is 57.2 Å². The van der Waals surface area contributed by atoms with E-state index in [4.69, 9.17) is 4.74 Å². The van der Waals surface area contributed by atoms with Crippen LogP contribution in [0.15, 0.2) is 22.7 Å². The van der Waals surface area contributed by atoms with E-state index in [-0.39, 0.29) is 5.60 Å². The fraction of sp³-hybridized carbons (Fsp3) is 0.625. The number of aliphatic hydroxyl groups is 1. The Kier molecular flexibility index (Phi) is 3.61. The fourth-order valence-corrected chi connectivity index (χ4v) is 4.21. The molecule has 1 N–H and O–H groups in total. The summed E-state index contributed by atoms with van der Waals surface area (Å²) in [7, 11) is 0. The van der Waals surface area contributed by atoms with Gasteiger partial charge in [0.25, 0.3) is 0 Å². The standard InChI is InChI=1S/C16H21BrO2/c1-2-11-5-3-4-8-16(11)10-14(18)13-9-12(17)6-7-15(13)19-16/h6-7,9,11,14,18H,2-5,8,10H2,1H3/t11?,14-,16?/m0/s1. The van der Waals surface area contributed by atoms with Crippen LogP contribution in [0.25, 0.3) is 0 Å². The Hall–Kier alpha value is -0.540. The molecule has 0 radical (unpaired) electrons. The van der Waals surface area contributed by atoms with Crippen molar-refractivity contribution in [1.29, 1.82) is 0 Å². The maximum absolute atomic E-state index is 10.5. The lowest BCUT2D eigenvalue weighted by atomic mass is 9.69. The summed E-state index contributed by atoms with van der Waals surface area (Å²) in [4.78, 5) is 0. The summed E-state index contributed by atoms with van der Waals surface area (Å²) in [5, 5.41) is 10.5. The Balaban J connectivity index is 1.97. The molecule has 1 aromatic carbocycles. The summed E-state index contributed by atoms with van der Waals surface area (Å²) in [5.41, 5.74) is 0.799. The number of fused-ring (bicyclic) bond motifs is 1. The maximum atomic E-state index is 10.5. The van der Waals surface area contributed by atoms with Gasteiger partial charge < -0.3 is 9.84 Å². The third-order valence-corrected chi connectivity index (χ3v) is 5.32. The zero-order valence-corrected chi connectivity index (χ0v) is 12.9. The van der Waals surface area contributed by atoms with E-state index in [1.165, 1.54) is 19.3 Å². The molecule has 2 nitrogen and oxygen atoms in total. The second-order valence-corrected chi connectivity index (χ2v) is 6.84. The quantitative estimate of drug-likeness (QED) is 0.817. The molecule has 3 rings (SSSR count). The molecule has 1 aliphatic carbocycles. The summed E-state index contributed by atoms with van der Waals surface area (Å²) in [6.07, 6.45) is 6.32. The van der Waals surface area contributed by atoms with Crippen molar-refractivity contribution in [3.63, 3.8) is 0 Å². The highest BCUT2D eigenvalue weighted by atomic mass is 79.9. The third-order valence-electron chi connectivity index (χ3n) is 4.82. The topological polar surface area (TPSA) is 29.5 Å². The molecular weight excluding hydrogens is 304 g/mol. The van der Waals surface area contributed by atoms with Crippen molar-refractivity contribution in [2.75, 3.05) is 0 Å². The molecule has 1 spiro atoms. The molecule has 2 unspecified atom stereocenters. The number of ether oxygens (including phenoxy) is 1. The predicted octanol–water partition coefficient (Wildman–Crippen LogP) is 4.60. The van der Waals surface area contributed by atoms with Gasteiger partial charge in [-0.25, -0.2) is 0 Å². The van der Waals surface area contributed by atoms with Gasteiger partial charge in [-0.15, -0.1) is 0 Å². The number of benzene rings is 1. The smallest absolute Gasteiger partial charge is 0.126 e. The van der Waals surface area contributed by atoms with Crippen molar-refractivity contribution < 1.29 is 9.84 Å². The van der Waals surface area contributed by atoms with Crippen LogP contribution in [0.1, 0.15) is 57.1 Å². The first-order valence-corrected chi connectivity index (χ1v) is 8.10. The molecule has 0 aromatic heterocycles. The SMILES string of the molecule is CCC1CCCCC12C[C@H](O)c1cc(Br)ccc1O2. The fourth-order valence-electron chi connectivity index (χ4n) is 3.83. The highest BCUT2D eigenvalue weighted by Crippen LogP contribution is 2.49. The Morgan fingerprint density at radius 2 is 2.26 bits per heavy atom. The van der Waals surface area contributed by atoms with Crippen LogP contribution in [-0.4, -0.2) is 10.7 Å². The average molecular weight is 325 g/mol. The number of hydrogen-bond donors (Lipinski definition) is 1. The van der Waals surface area contributed by atoms with E-state index in [1.807, 2.05) is 18.2 Å². The highest BCUT2D eigenvalue weighted by molar-refractivity contribution is 9.10. The van der Waals surface area contributed by atoms with Crippen molar-refractivity contribution >= 4 is 15.9 Å². The summed E-state index contributed by atoms with van der Waals surface area (Å²) >= 11 is 3.46. The summed E-state index contributed by atoms with van der Waals surface area (Å²) in [5.74, 6) is 1.45. The van der Waals surface area contributed by atoms with Crippen LogP contribution in [0.4, 0.5) is 0 Å². The summed E-state index contributed by atoms with van der Waals surface area (Å²) < 4.78 is 7.41. The van der Waals surface area contributed by atoms with Crippen LogP contribution in [0.2, 0.25) is 0 Å². The van der Waals surface area contributed by atoms with Gasteiger partial charge in [0.2, 0.25) is 0 Å². The van der Waals surface area contributed by atoms with Crippen molar-refractivity contribution in [3.8, 4) is 5.75 Å². The maximum Gasteiger partial charge on any atom is 0.126 e. The van der Waals surface area contributed by atoms with E-state index in [1.54, 1.807) is 0 Å². The van der Waals surface area contributed by atoms with Gasteiger partial charge in [-0.3, -0.25) is 0 Å². The minimum Gasteiger partial charge on any atom is -0.486 e. The molecular formula is C16H21BrO2. The molecule has 19 heavy (non-hydrogen) atoms. The number of hydrogen-bond acceptors (Lipinski definition) is 2. The second kappa shape index (κ2) is 5.10. The van der Waals surface area contributed by atoms with Crippen LogP contribution < -0.4 is 4.74 Å². The van der Waals surface area contributed by atoms with E-state index >= 15 is 0 Å². The van der Waals surface area contributed by atoms with Crippen LogP contribution in [0, 0.1) is 5.92 Å². The molecule has 1 saturated carbocycles. The van der Waals surface area contributed by atoms with Gasteiger partial charge in [-0.2, -0.15) is 0 Å². The van der Waals surface area contributed by atoms with Crippen LogP contribution in [0.3, 0.4) is 0 Å². The minimum absolute atomic E-state index is 0.132. The van der Waals surface area contributed by atoms with Gasteiger partial charge in [0.05, 0.1) is 6.10 Å². The zero-order chi connectivity index (χ0) is 13.5. The van der Waals surface area contributed by atoms with Crippen LogP contribution in [-0.2, 0) is 0 Å². The Morgan fingerprint density at radius 1 is 1.42 bits per heavy atom. The van der Waals surface area contributed by atoms with Gasteiger partial charge in [-0.05, 0) is 49.8 Å². The van der Waals surface area contributed by atoms with Gasteiger partial charge in [-0.1, -0.05) is 29.3 Å². The first-order valence-electron chi connectivity index (χ1n) is 7.31. The molecule has 1 fully saturated rings. The van der Waals surface area contributed by atoms with E-state index in [2.05, 4.69) is 22.9 Å². The number of halogens is 1. The Bertz CT molecular complexity index is 474. The van der Waals surface area contributed by atoms with Gasteiger partial charge in [0.15, 0.2) is 0 Å². The first-order chi connectivity index (χ1) is 9.14. The van der Waals surface area contributed by atoms with Crippen molar-refractivity contribution in [1.82, 2.24) is 0 Å². The normalized spacial score (nSPS) is 33.8. The Labute approximate surface area is 123 Å². The highest BCUT2D eigenvalue weighted by Gasteiger charge is 2.46. The van der Waals surface area contributed by atoms with E-state index in [9.17, 15) is 5.11 Å². The minimum atomic E-state index is -0.395. The number of aliphatic hydroxyl groups excluding tert-OH is 1. The molecule has 3 atom stereocenters. The molecule has 0 bridgehead atoms. The van der Waals surface area contributed by atoms with Crippen LogP contribution >= 0.6 is 15.9 Å². The van der Waals surface area contributed by atoms with Crippen molar-refractivity contribution in [3.05, 3.63) is 28.2 Å².